The molecule has 2 rings (SSSR count). The number of hydrogen-bond donors (Lipinski definition) is 1. The smallest absolute Gasteiger partial charge is 0.269 e. The lowest BCUT2D eigenvalue weighted by atomic mass is 9.96. The quantitative estimate of drug-likeness (QED) is 0.669. The summed E-state index contributed by atoms with van der Waals surface area (Å²) in [5, 5.41) is 14.6. The van der Waals surface area contributed by atoms with Crippen molar-refractivity contribution in [3.05, 3.63) is 39.9 Å². The van der Waals surface area contributed by atoms with E-state index in [4.69, 9.17) is 0 Å². The van der Waals surface area contributed by atoms with Gasteiger partial charge in [-0.05, 0) is 45.3 Å². The number of rotatable bonds is 5. The normalized spacial score (nSPS) is 24.7. The Labute approximate surface area is 126 Å². The minimum absolute atomic E-state index is 0.171. The highest BCUT2D eigenvalue weighted by Crippen LogP contribution is 2.24. The van der Waals surface area contributed by atoms with Crippen molar-refractivity contribution >= 4 is 5.69 Å². The van der Waals surface area contributed by atoms with Crippen molar-refractivity contribution in [1.82, 2.24) is 10.2 Å². The van der Waals surface area contributed by atoms with E-state index in [1.165, 1.54) is 0 Å². The number of nitro groups is 1. The highest BCUT2D eigenvalue weighted by Gasteiger charge is 2.25. The maximum Gasteiger partial charge on any atom is 0.269 e. The molecule has 1 fully saturated rings. The maximum atomic E-state index is 10.9. The molecule has 0 bridgehead atoms. The van der Waals surface area contributed by atoms with Crippen LogP contribution in [0.2, 0.25) is 0 Å². The standard InChI is InChI=1S/C16H25N3O2/c1-4-16(13-6-5-7-15(11-13)19(20)21)17-14-8-9-18(3)12(2)10-14/h5-7,11-12,14,16-17H,4,8-10H2,1-3H3. The number of nitrogens with zero attached hydrogens (tertiary/aromatic N) is 2. The molecule has 1 aromatic carbocycles. The number of nitro benzene ring substituents is 1. The number of likely N-dealkylation sites (tertiary alicyclic amines) is 1. The second-order valence-corrected chi connectivity index (χ2v) is 6.03. The van der Waals surface area contributed by atoms with Crippen LogP contribution >= 0.6 is 0 Å². The summed E-state index contributed by atoms with van der Waals surface area (Å²) in [5.74, 6) is 0. The van der Waals surface area contributed by atoms with Crippen molar-refractivity contribution in [2.45, 2.75) is 51.2 Å². The molecule has 1 aromatic rings. The van der Waals surface area contributed by atoms with Gasteiger partial charge in [-0.25, -0.2) is 0 Å². The Kier molecular flexibility index (Phi) is 5.31. The van der Waals surface area contributed by atoms with Crippen LogP contribution in [0.5, 0.6) is 0 Å². The average molecular weight is 291 g/mol. The van der Waals surface area contributed by atoms with E-state index >= 15 is 0 Å². The predicted octanol–water partition coefficient (Wildman–Crippen LogP) is 3.12. The predicted molar refractivity (Wildman–Crippen MR) is 84.4 cm³/mol. The largest absolute Gasteiger partial charge is 0.307 e. The summed E-state index contributed by atoms with van der Waals surface area (Å²) in [6.45, 7) is 5.47. The van der Waals surface area contributed by atoms with Crippen molar-refractivity contribution in [3.63, 3.8) is 0 Å². The summed E-state index contributed by atoms with van der Waals surface area (Å²) in [7, 11) is 2.17. The Morgan fingerprint density at radius 2 is 2.29 bits per heavy atom. The fourth-order valence-electron chi connectivity index (χ4n) is 3.03. The van der Waals surface area contributed by atoms with Crippen molar-refractivity contribution in [2.75, 3.05) is 13.6 Å². The van der Waals surface area contributed by atoms with Crippen LogP contribution in [0.15, 0.2) is 24.3 Å². The molecule has 1 aliphatic heterocycles. The Morgan fingerprint density at radius 3 is 2.90 bits per heavy atom. The molecule has 1 N–H and O–H groups in total. The molecule has 0 amide bonds. The topological polar surface area (TPSA) is 58.4 Å². The molecule has 0 radical (unpaired) electrons. The third kappa shape index (κ3) is 4.02. The van der Waals surface area contributed by atoms with Gasteiger partial charge in [0.05, 0.1) is 4.92 Å². The van der Waals surface area contributed by atoms with Crippen LogP contribution < -0.4 is 5.32 Å². The van der Waals surface area contributed by atoms with E-state index < -0.39 is 0 Å². The first-order valence-corrected chi connectivity index (χ1v) is 7.72. The third-order valence-corrected chi connectivity index (χ3v) is 4.54. The zero-order valence-corrected chi connectivity index (χ0v) is 13.1. The van der Waals surface area contributed by atoms with Crippen LogP contribution in [0.25, 0.3) is 0 Å². The molecule has 21 heavy (non-hydrogen) atoms. The molecule has 0 aromatic heterocycles. The third-order valence-electron chi connectivity index (χ3n) is 4.54. The number of hydrogen-bond acceptors (Lipinski definition) is 4. The Bertz CT molecular complexity index is 492. The van der Waals surface area contributed by atoms with Crippen molar-refractivity contribution in [1.29, 1.82) is 0 Å². The van der Waals surface area contributed by atoms with Crippen LogP contribution in [-0.4, -0.2) is 35.5 Å². The van der Waals surface area contributed by atoms with Crippen molar-refractivity contribution in [3.8, 4) is 0 Å². The molecule has 1 heterocycles. The van der Waals surface area contributed by atoms with E-state index in [1.54, 1.807) is 18.2 Å². The molecule has 116 valence electrons. The molecule has 5 nitrogen and oxygen atoms in total. The molecular formula is C16H25N3O2. The van der Waals surface area contributed by atoms with Gasteiger partial charge in [-0.1, -0.05) is 19.1 Å². The van der Waals surface area contributed by atoms with Crippen LogP contribution in [0.4, 0.5) is 5.69 Å². The van der Waals surface area contributed by atoms with Gasteiger partial charge in [0.25, 0.3) is 5.69 Å². The summed E-state index contributed by atoms with van der Waals surface area (Å²) in [6.07, 6.45) is 3.19. The van der Waals surface area contributed by atoms with Crippen molar-refractivity contribution in [2.24, 2.45) is 0 Å². The fraction of sp³-hybridized carbons (Fsp3) is 0.625. The van der Waals surface area contributed by atoms with Gasteiger partial charge in [0.2, 0.25) is 0 Å². The van der Waals surface area contributed by atoms with E-state index in [-0.39, 0.29) is 16.7 Å². The van der Waals surface area contributed by atoms with Gasteiger partial charge in [0, 0.05) is 30.3 Å². The van der Waals surface area contributed by atoms with Crippen LogP contribution in [0.1, 0.15) is 44.7 Å². The van der Waals surface area contributed by atoms with E-state index in [0.717, 1.165) is 31.4 Å². The van der Waals surface area contributed by atoms with E-state index in [9.17, 15) is 10.1 Å². The molecule has 1 saturated heterocycles. The number of piperidine rings is 1. The lowest BCUT2D eigenvalue weighted by Crippen LogP contribution is -2.46. The molecular weight excluding hydrogens is 266 g/mol. The minimum atomic E-state index is -0.326. The fourth-order valence-corrected chi connectivity index (χ4v) is 3.03. The van der Waals surface area contributed by atoms with Crippen molar-refractivity contribution < 1.29 is 4.92 Å². The van der Waals surface area contributed by atoms with E-state index in [0.29, 0.717) is 12.1 Å². The molecule has 5 heteroatoms. The summed E-state index contributed by atoms with van der Waals surface area (Å²) < 4.78 is 0. The first-order chi connectivity index (χ1) is 10.0. The zero-order chi connectivity index (χ0) is 15.4. The Morgan fingerprint density at radius 1 is 1.52 bits per heavy atom. The Hall–Kier alpha value is -1.46. The number of non-ortho nitro benzene ring substituents is 1. The van der Waals surface area contributed by atoms with Crippen LogP contribution in [0, 0.1) is 10.1 Å². The van der Waals surface area contributed by atoms with Gasteiger partial charge in [-0.15, -0.1) is 0 Å². The second-order valence-electron chi connectivity index (χ2n) is 6.03. The highest BCUT2D eigenvalue weighted by atomic mass is 16.6. The molecule has 0 spiro atoms. The lowest BCUT2D eigenvalue weighted by molar-refractivity contribution is -0.384. The summed E-state index contributed by atoms with van der Waals surface area (Å²) in [6, 6.07) is 8.25. The SMILES string of the molecule is CCC(NC1CCN(C)C(C)C1)c1cccc([N+](=O)[O-])c1. The maximum absolute atomic E-state index is 10.9. The molecule has 3 unspecified atom stereocenters. The summed E-state index contributed by atoms with van der Waals surface area (Å²) in [5.41, 5.74) is 1.18. The monoisotopic (exact) mass is 291 g/mol. The zero-order valence-electron chi connectivity index (χ0n) is 13.1. The van der Waals surface area contributed by atoms with E-state index in [1.807, 2.05) is 6.07 Å². The van der Waals surface area contributed by atoms with Gasteiger partial charge in [-0.3, -0.25) is 10.1 Å². The molecule has 0 aliphatic carbocycles. The molecule has 1 aliphatic rings. The van der Waals surface area contributed by atoms with Gasteiger partial charge in [0.15, 0.2) is 0 Å². The van der Waals surface area contributed by atoms with Gasteiger partial charge < -0.3 is 10.2 Å². The number of nitrogens with one attached hydrogen (secondary N) is 1. The van der Waals surface area contributed by atoms with Crippen LogP contribution in [0.3, 0.4) is 0 Å². The lowest BCUT2D eigenvalue weighted by Gasteiger charge is -2.37. The van der Waals surface area contributed by atoms with Gasteiger partial charge in [0.1, 0.15) is 0 Å². The average Bonchev–Trinajstić information content (AvgIpc) is 2.48. The van der Waals surface area contributed by atoms with Gasteiger partial charge in [-0.2, -0.15) is 0 Å². The Balaban J connectivity index is 2.06. The molecule has 3 atom stereocenters. The highest BCUT2D eigenvalue weighted by molar-refractivity contribution is 5.35. The van der Waals surface area contributed by atoms with Crippen LogP contribution in [-0.2, 0) is 0 Å². The summed E-state index contributed by atoms with van der Waals surface area (Å²) in [4.78, 5) is 13.0. The minimum Gasteiger partial charge on any atom is -0.307 e. The summed E-state index contributed by atoms with van der Waals surface area (Å²) >= 11 is 0. The van der Waals surface area contributed by atoms with Gasteiger partial charge >= 0.3 is 0 Å². The second kappa shape index (κ2) is 7.00. The first-order valence-electron chi connectivity index (χ1n) is 7.72. The van der Waals surface area contributed by atoms with E-state index in [2.05, 4.69) is 31.1 Å². The first kappa shape index (κ1) is 15.9. The molecule has 0 saturated carbocycles. The number of benzene rings is 1.